The Balaban J connectivity index is 2.48. The molecule has 0 aromatic carbocycles. The molecule has 3 nitrogen and oxygen atoms in total. The number of carbonyl (C=O) groups is 1. The minimum absolute atomic E-state index is 0.150. The second-order valence-corrected chi connectivity index (χ2v) is 2.72. The van der Waals surface area contributed by atoms with Gasteiger partial charge in [0.15, 0.2) is 0 Å². The molecule has 1 saturated carbocycles. The quantitative estimate of drug-likeness (QED) is 0.593. The van der Waals surface area contributed by atoms with Crippen LogP contribution in [0.5, 0.6) is 0 Å². The van der Waals surface area contributed by atoms with Crippen LogP contribution in [0.25, 0.3) is 0 Å². The fourth-order valence-electron chi connectivity index (χ4n) is 1.12. The van der Waals surface area contributed by atoms with Gasteiger partial charge >= 0.3 is 0 Å². The van der Waals surface area contributed by atoms with E-state index in [0.717, 1.165) is 19.3 Å². The third kappa shape index (κ3) is 1.17. The maximum absolute atomic E-state index is 10.5. The molecule has 0 spiro atoms. The highest BCUT2D eigenvalue weighted by Crippen LogP contribution is 2.29. The highest BCUT2D eigenvalue weighted by molar-refractivity contribution is 5.80. The van der Waals surface area contributed by atoms with Gasteiger partial charge in [-0.1, -0.05) is 0 Å². The summed E-state index contributed by atoms with van der Waals surface area (Å²) >= 11 is 0. The lowest BCUT2D eigenvalue weighted by atomic mass is 9.78. The molecular formula is C7H10NO2. The Labute approximate surface area is 59.8 Å². The van der Waals surface area contributed by atoms with Crippen molar-refractivity contribution in [1.29, 1.82) is 0 Å². The lowest BCUT2D eigenvalue weighted by molar-refractivity contribution is -0.120. The number of hydrogen-bond donors (Lipinski definition) is 1. The largest absolute Gasteiger partial charge is 0.343 e. The van der Waals surface area contributed by atoms with E-state index in [1.54, 1.807) is 0 Å². The average molecular weight is 140 g/mol. The van der Waals surface area contributed by atoms with Crippen molar-refractivity contribution >= 4 is 12.2 Å². The standard InChI is InChI=1S/C7H10NO2/c1-6(10)8-7(5-9)3-2-4-7/h2-4H2,1H3,(H,8,10). The van der Waals surface area contributed by atoms with Crippen LogP contribution in [-0.2, 0) is 9.59 Å². The van der Waals surface area contributed by atoms with Gasteiger partial charge in [0.1, 0.15) is 5.54 Å². The first kappa shape index (κ1) is 7.25. The van der Waals surface area contributed by atoms with Crippen LogP contribution in [-0.4, -0.2) is 17.7 Å². The van der Waals surface area contributed by atoms with Gasteiger partial charge in [-0.25, -0.2) is 0 Å². The van der Waals surface area contributed by atoms with Gasteiger partial charge in [-0.05, 0) is 19.3 Å². The SMILES string of the molecule is CC(=O)NC1([C]=O)CCC1. The molecular weight excluding hydrogens is 130 g/mol. The second-order valence-electron chi connectivity index (χ2n) is 2.72. The maximum atomic E-state index is 10.5. The normalized spacial score (nSPS) is 20.9. The average Bonchev–Trinajstić information content (AvgIpc) is 1.78. The Morgan fingerprint density at radius 2 is 2.20 bits per heavy atom. The van der Waals surface area contributed by atoms with Crippen LogP contribution in [0.4, 0.5) is 0 Å². The third-order valence-electron chi connectivity index (χ3n) is 1.82. The van der Waals surface area contributed by atoms with Crippen LogP contribution in [0.1, 0.15) is 26.2 Å². The molecule has 1 fully saturated rings. The summed E-state index contributed by atoms with van der Waals surface area (Å²) in [6.07, 6.45) is 4.37. The smallest absolute Gasteiger partial charge is 0.226 e. The summed E-state index contributed by atoms with van der Waals surface area (Å²) in [4.78, 5) is 20.8. The molecule has 1 amide bonds. The van der Waals surface area contributed by atoms with E-state index in [-0.39, 0.29) is 5.91 Å². The fourth-order valence-corrected chi connectivity index (χ4v) is 1.12. The predicted octanol–water partition coefficient (Wildman–Crippen LogP) is 0.155. The molecule has 0 saturated heterocycles. The molecule has 1 rings (SSSR count). The molecule has 10 heavy (non-hydrogen) atoms. The minimum Gasteiger partial charge on any atom is -0.343 e. The van der Waals surface area contributed by atoms with Crippen LogP contribution in [0, 0.1) is 0 Å². The maximum Gasteiger partial charge on any atom is 0.226 e. The summed E-state index contributed by atoms with van der Waals surface area (Å²) in [5.41, 5.74) is -0.619. The van der Waals surface area contributed by atoms with Gasteiger partial charge in [0.05, 0.1) is 0 Å². The van der Waals surface area contributed by atoms with Gasteiger partial charge < -0.3 is 5.32 Å². The van der Waals surface area contributed by atoms with Crippen LogP contribution in [0.2, 0.25) is 0 Å². The van der Waals surface area contributed by atoms with E-state index >= 15 is 0 Å². The van der Waals surface area contributed by atoms with Gasteiger partial charge in [0, 0.05) is 6.92 Å². The molecule has 0 unspecified atom stereocenters. The van der Waals surface area contributed by atoms with E-state index < -0.39 is 5.54 Å². The van der Waals surface area contributed by atoms with E-state index in [2.05, 4.69) is 5.32 Å². The molecule has 1 radical (unpaired) electrons. The summed E-state index contributed by atoms with van der Waals surface area (Å²) in [6, 6.07) is 0. The predicted molar refractivity (Wildman–Crippen MR) is 36.1 cm³/mol. The highest BCUT2D eigenvalue weighted by atomic mass is 16.2. The van der Waals surface area contributed by atoms with Crippen molar-refractivity contribution in [3.63, 3.8) is 0 Å². The molecule has 0 atom stereocenters. The number of carbonyl (C=O) groups excluding carboxylic acids is 2. The minimum atomic E-state index is -0.619. The Morgan fingerprint density at radius 3 is 2.30 bits per heavy atom. The lowest BCUT2D eigenvalue weighted by Gasteiger charge is -2.35. The molecule has 1 aliphatic carbocycles. The van der Waals surface area contributed by atoms with E-state index in [1.807, 2.05) is 6.29 Å². The zero-order chi connectivity index (χ0) is 7.61. The zero-order valence-corrected chi connectivity index (χ0v) is 5.94. The summed E-state index contributed by atoms with van der Waals surface area (Å²) in [7, 11) is 0. The first-order chi connectivity index (χ1) is 4.68. The summed E-state index contributed by atoms with van der Waals surface area (Å²) in [5, 5.41) is 2.58. The molecule has 1 N–H and O–H groups in total. The van der Waals surface area contributed by atoms with Gasteiger partial charge in [-0.3, -0.25) is 9.59 Å². The molecule has 55 valence electrons. The fraction of sp³-hybridized carbons (Fsp3) is 0.714. The first-order valence-corrected chi connectivity index (χ1v) is 3.37. The van der Waals surface area contributed by atoms with Crippen molar-refractivity contribution < 1.29 is 9.59 Å². The van der Waals surface area contributed by atoms with E-state index in [9.17, 15) is 9.59 Å². The molecule has 0 aromatic heterocycles. The van der Waals surface area contributed by atoms with Crippen LogP contribution < -0.4 is 5.32 Å². The van der Waals surface area contributed by atoms with Gasteiger partial charge in [-0.15, -0.1) is 0 Å². The van der Waals surface area contributed by atoms with E-state index in [1.165, 1.54) is 6.92 Å². The van der Waals surface area contributed by atoms with E-state index in [4.69, 9.17) is 0 Å². The molecule has 0 aliphatic heterocycles. The van der Waals surface area contributed by atoms with Gasteiger partial charge in [-0.2, -0.15) is 0 Å². The summed E-state index contributed by atoms with van der Waals surface area (Å²) in [5.74, 6) is -0.150. The van der Waals surface area contributed by atoms with Crippen LogP contribution in [0.15, 0.2) is 0 Å². The molecule has 1 aliphatic rings. The Kier molecular flexibility index (Phi) is 1.74. The highest BCUT2D eigenvalue weighted by Gasteiger charge is 2.38. The van der Waals surface area contributed by atoms with E-state index in [0.29, 0.717) is 0 Å². The Bertz CT molecular complexity index is 161. The zero-order valence-electron chi connectivity index (χ0n) is 5.94. The lowest BCUT2D eigenvalue weighted by Crippen LogP contribution is -2.54. The molecule has 0 bridgehead atoms. The monoisotopic (exact) mass is 140 g/mol. The number of amides is 1. The van der Waals surface area contributed by atoms with Crippen LogP contribution >= 0.6 is 0 Å². The topological polar surface area (TPSA) is 46.2 Å². The third-order valence-corrected chi connectivity index (χ3v) is 1.82. The van der Waals surface area contributed by atoms with Crippen molar-refractivity contribution in [3.05, 3.63) is 0 Å². The molecule has 0 heterocycles. The number of nitrogens with one attached hydrogen (secondary N) is 1. The van der Waals surface area contributed by atoms with Crippen molar-refractivity contribution in [2.45, 2.75) is 31.7 Å². The Hall–Kier alpha value is -0.860. The number of hydrogen-bond acceptors (Lipinski definition) is 2. The van der Waals surface area contributed by atoms with Crippen molar-refractivity contribution in [2.24, 2.45) is 0 Å². The summed E-state index contributed by atoms with van der Waals surface area (Å²) < 4.78 is 0. The van der Waals surface area contributed by atoms with Crippen molar-refractivity contribution in [1.82, 2.24) is 5.32 Å². The van der Waals surface area contributed by atoms with Crippen molar-refractivity contribution in [2.75, 3.05) is 0 Å². The Morgan fingerprint density at radius 1 is 1.60 bits per heavy atom. The van der Waals surface area contributed by atoms with Gasteiger partial charge in [0.25, 0.3) is 0 Å². The van der Waals surface area contributed by atoms with Crippen molar-refractivity contribution in [3.8, 4) is 0 Å². The molecule has 3 heteroatoms. The first-order valence-electron chi connectivity index (χ1n) is 3.37. The number of rotatable bonds is 2. The second kappa shape index (κ2) is 2.40. The van der Waals surface area contributed by atoms with Gasteiger partial charge in [0.2, 0.25) is 12.2 Å². The summed E-state index contributed by atoms with van der Waals surface area (Å²) in [6.45, 7) is 1.41. The molecule has 0 aromatic rings. The van der Waals surface area contributed by atoms with Crippen LogP contribution in [0.3, 0.4) is 0 Å².